The maximum absolute atomic E-state index is 11.0. The first-order chi connectivity index (χ1) is 8.20. The summed E-state index contributed by atoms with van der Waals surface area (Å²) in [6, 6.07) is 4.75. The predicted molar refractivity (Wildman–Crippen MR) is 63.5 cm³/mol. The molecule has 0 aromatic heterocycles. The van der Waals surface area contributed by atoms with Crippen molar-refractivity contribution < 1.29 is 19.4 Å². The Bertz CT molecular complexity index is 454. The van der Waals surface area contributed by atoms with Gasteiger partial charge in [0.15, 0.2) is 11.5 Å². The molecule has 0 unspecified atom stereocenters. The molecule has 0 bridgehead atoms. The molecular formula is C13H14O4. The molecule has 17 heavy (non-hydrogen) atoms. The fourth-order valence-electron chi connectivity index (χ4n) is 1.32. The van der Waals surface area contributed by atoms with Gasteiger partial charge in [-0.05, 0) is 19.1 Å². The average Bonchev–Trinajstić information content (AvgIpc) is 2.34. The fourth-order valence-corrected chi connectivity index (χ4v) is 1.32. The van der Waals surface area contributed by atoms with Crippen LogP contribution in [0.3, 0.4) is 0 Å². The Hall–Kier alpha value is -2.15. The second-order valence-electron chi connectivity index (χ2n) is 3.17. The van der Waals surface area contributed by atoms with Gasteiger partial charge in [-0.3, -0.25) is 0 Å². The zero-order valence-electron chi connectivity index (χ0n) is 9.82. The number of carboxylic acid groups (broad SMARTS) is 1. The topological polar surface area (TPSA) is 55.8 Å². The monoisotopic (exact) mass is 234 g/mol. The van der Waals surface area contributed by atoms with Gasteiger partial charge in [-0.2, -0.15) is 0 Å². The van der Waals surface area contributed by atoms with E-state index in [0.29, 0.717) is 18.8 Å². The van der Waals surface area contributed by atoms with Crippen LogP contribution in [0, 0.1) is 11.8 Å². The molecule has 0 heterocycles. The number of carboxylic acids is 1. The largest absolute Gasteiger partial charge is 0.493 e. The van der Waals surface area contributed by atoms with Crippen LogP contribution in [0.1, 0.15) is 23.7 Å². The molecular weight excluding hydrogens is 220 g/mol. The van der Waals surface area contributed by atoms with Crippen molar-refractivity contribution in [3.05, 3.63) is 23.8 Å². The highest BCUT2D eigenvalue weighted by Gasteiger charge is 2.15. The molecule has 90 valence electrons. The van der Waals surface area contributed by atoms with Gasteiger partial charge in [0, 0.05) is 6.42 Å². The van der Waals surface area contributed by atoms with Gasteiger partial charge in [-0.1, -0.05) is 6.07 Å². The van der Waals surface area contributed by atoms with Gasteiger partial charge in [-0.25, -0.2) is 4.79 Å². The average molecular weight is 234 g/mol. The molecule has 0 radical (unpaired) electrons. The van der Waals surface area contributed by atoms with E-state index in [4.69, 9.17) is 14.6 Å². The quantitative estimate of drug-likeness (QED) is 0.626. The summed E-state index contributed by atoms with van der Waals surface area (Å²) in [6.07, 6.45) is 0.549. The van der Waals surface area contributed by atoms with E-state index >= 15 is 0 Å². The SMILES string of the molecule is CC#CCCOc1c(OC)cccc1C(=O)O. The van der Waals surface area contributed by atoms with E-state index in [1.807, 2.05) is 0 Å². The highest BCUT2D eigenvalue weighted by Crippen LogP contribution is 2.31. The van der Waals surface area contributed by atoms with Gasteiger partial charge in [0.25, 0.3) is 0 Å². The lowest BCUT2D eigenvalue weighted by Crippen LogP contribution is -2.05. The van der Waals surface area contributed by atoms with Crippen LogP contribution >= 0.6 is 0 Å². The minimum absolute atomic E-state index is 0.0915. The number of benzene rings is 1. The lowest BCUT2D eigenvalue weighted by molar-refractivity contribution is 0.0691. The summed E-state index contributed by atoms with van der Waals surface area (Å²) in [4.78, 5) is 11.0. The Balaban J connectivity index is 2.91. The molecule has 0 fully saturated rings. The number of hydrogen-bond donors (Lipinski definition) is 1. The van der Waals surface area contributed by atoms with Crippen LogP contribution in [-0.2, 0) is 0 Å². The second kappa shape index (κ2) is 6.44. The molecule has 1 aromatic rings. The summed E-state index contributed by atoms with van der Waals surface area (Å²) in [6.45, 7) is 2.08. The molecule has 0 atom stereocenters. The van der Waals surface area contributed by atoms with Crippen LogP contribution in [0.4, 0.5) is 0 Å². The van der Waals surface area contributed by atoms with Crippen molar-refractivity contribution in [1.82, 2.24) is 0 Å². The van der Waals surface area contributed by atoms with Crippen molar-refractivity contribution in [2.75, 3.05) is 13.7 Å². The van der Waals surface area contributed by atoms with Crippen molar-refractivity contribution in [3.63, 3.8) is 0 Å². The minimum Gasteiger partial charge on any atom is -0.493 e. The van der Waals surface area contributed by atoms with Crippen LogP contribution in [-0.4, -0.2) is 24.8 Å². The smallest absolute Gasteiger partial charge is 0.339 e. The predicted octanol–water partition coefficient (Wildman–Crippen LogP) is 2.19. The first kappa shape index (κ1) is 12.9. The Morgan fingerprint density at radius 1 is 1.47 bits per heavy atom. The molecule has 0 aliphatic carbocycles. The molecule has 0 aliphatic heterocycles. The number of methoxy groups -OCH3 is 1. The van der Waals surface area contributed by atoms with Gasteiger partial charge in [0.05, 0.1) is 13.7 Å². The second-order valence-corrected chi connectivity index (χ2v) is 3.17. The van der Waals surface area contributed by atoms with Crippen LogP contribution in [0.25, 0.3) is 0 Å². The molecule has 0 saturated carbocycles. The fraction of sp³-hybridized carbons (Fsp3) is 0.308. The first-order valence-corrected chi connectivity index (χ1v) is 5.13. The maximum Gasteiger partial charge on any atom is 0.339 e. The maximum atomic E-state index is 11.0. The number of ether oxygens (including phenoxy) is 2. The zero-order chi connectivity index (χ0) is 12.7. The van der Waals surface area contributed by atoms with E-state index in [-0.39, 0.29) is 11.3 Å². The number of hydrogen-bond acceptors (Lipinski definition) is 3. The van der Waals surface area contributed by atoms with Crippen LogP contribution in [0.15, 0.2) is 18.2 Å². The van der Waals surface area contributed by atoms with Crippen LogP contribution in [0.2, 0.25) is 0 Å². The van der Waals surface area contributed by atoms with Gasteiger partial charge >= 0.3 is 5.97 Å². The number of rotatable bonds is 5. The summed E-state index contributed by atoms with van der Waals surface area (Å²) in [7, 11) is 1.47. The molecule has 0 amide bonds. The number of carbonyl (C=O) groups is 1. The van der Waals surface area contributed by atoms with E-state index in [1.54, 1.807) is 19.1 Å². The number of aromatic carboxylic acids is 1. The van der Waals surface area contributed by atoms with E-state index in [1.165, 1.54) is 13.2 Å². The standard InChI is InChI=1S/C13H14O4/c1-3-4-5-9-17-12-10(13(14)15)7-6-8-11(12)16-2/h6-8H,5,9H2,1-2H3,(H,14,15). The summed E-state index contributed by atoms with van der Waals surface area (Å²) in [5.74, 6) is 5.20. The van der Waals surface area contributed by atoms with E-state index in [0.717, 1.165) is 0 Å². The molecule has 1 aromatic carbocycles. The van der Waals surface area contributed by atoms with Gasteiger partial charge < -0.3 is 14.6 Å². The van der Waals surface area contributed by atoms with Crippen molar-refractivity contribution in [2.45, 2.75) is 13.3 Å². The Morgan fingerprint density at radius 2 is 2.24 bits per heavy atom. The first-order valence-electron chi connectivity index (χ1n) is 5.13. The highest BCUT2D eigenvalue weighted by molar-refractivity contribution is 5.92. The van der Waals surface area contributed by atoms with Gasteiger partial charge in [0.2, 0.25) is 0 Å². The molecule has 1 N–H and O–H groups in total. The third-order valence-corrected chi connectivity index (χ3v) is 2.08. The van der Waals surface area contributed by atoms with Crippen molar-refractivity contribution >= 4 is 5.97 Å². The van der Waals surface area contributed by atoms with Crippen molar-refractivity contribution in [2.24, 2.45) is 0 Å². The summed E-state index contributed by atoms with van der Waals surface area (Å²) in [5, 5.41) is 9.02. The van der Waals surface area contributed by atoms with E-state index < -0.39 is 5.97 Å². The summed E-state index contributed by atoms with van der Waals surface area (Å²) in [5.41, 5.74) is 0.0915. The van der Waals surface area contributed by atoms with Crippen molar-refractivity contribution in [1.29, 1.82) is 0 Å². The van der Waals surface area contributed by atoms with Crippen LogP contribution in [0.5, 0.6) is 11.5 Å². The molecule has 0 spiro atoms. The van der Waals surface area contributed by atoms with Gasteiger partial charge in [0.1, 0.15) is 5.56 Å². The zero-order valence-corrected chi connectivity index (χ0v) is 9.82. The number of para-hydroxylation sites is 1. The molecule has 4 nitrogen and oxygen atoms in total. The summed E-state index contributed by atoms with van der Waals surface area (Å²) >= 11 is 0. The Labute approximate surface area is 100 Å². The minimum atomic E-state index is -1.04. The molecule has 1 rings (SSSR count). The third-order valence-electron chi connectivity index (χ3n) is 2.08. The van der Waals surface area contributed by atoms with Gasteiger partial charge in [-0.15, -0.1) is 11.8 Å². The third kappa shape index (κ3) is 3.42. The highest BCUT2D eigenvalue weighted by atomic mass is 16.5. The molecule has 4 heteroatoms. The molecule has 0 aliphatic rings. The lowest BCUT2D eigenvalue weighted by atomic mass is 10.2. The Morgan fingerprint density at radius 3 is 2.82 bits per heavy atom. The van der Waals surface area contributed by atoms with Crippen LogP contribution < -0.4 is 9.47 Å². The normalized spacial score (nSPS) is 9.06. The van der Waals surface area contributed by atoms with E-state index in [2.05, 4.69) is 11.8 Å². The summed E-state index contributed by atoms with van der Waals surface area (Å²) < 4.78 is 10.5. The van der Waals surface area contributed by atoms with E-state index in [9.17, 15) is 4.79 Å². The lowest BCUT2D eigenvalue weighted by Gasteiger charge is -2.11. The van der Waals surface area contributed by atoms with Crippen molar-refractivity contribution in [3.8, 4) is 23.3 Å². The molecule has 0 saturated heterocycles. The Kier molecular flexibility index (Phi) is 4.89.